The summed E-state index contributed by atoms with van der Waals surface area (Å²) in [6, 6.07) is 9.79. The molecule has 1 N–H and O–H groups in total. The first-order chi connectivity index (χ1) is 12.5. The lowest BCUT2D eigenvalue weighted by molar-refractivity contribution is -0.113. The number of thioether (sulfide) groups is 2. The van der Waals surface area contributed by atoms with Crippen LogP contribution in [-0.4, -0.2) is 37.1 Å². The zero-order valence-corrected chi connectivity index (χ0v) is 16.7. The lowest BCUT2D eigenvalue weighted by Crippen LogP contribution is -2.16. The fourth-order valence-electron chi connectivity index (χ4n) is 2.14. The summed E-state index contributed by atoms with van der Waals surface area (Å²) < 4.78 is 1.72. The van der Waals surface area contributed by atoms with E-state index in [0.29, 0.717) is 24.0 Å². The highest BCUT2D eigenvalue weighted by molar-refractivity contribution is 8.00. The van der Waals surface area contributed by atoms with Gasteiger partial charge in [-0.3, -0.25) is 4.79 Å². The largest absolute Gasteiger partial charge is 0.324 e. The van der Waals surface area contributed by atoms with Gasteiger partial charge in [0.1, 0.15) is 0 Å². The van der Waals surface area contributed by atoms with E-state index in [2.05, 4.69) is 40.8 Å². The first-order valence-corrected chi connectivity index (χ1v) is 10.2. The summed E-state index contributed by atoms with van der Waals surface area (Å²) in [5.41, 5.74) is 0.759. The van der Waals surface area contributed by atoms with Gasteiger partial charge in [-0.15, -0.1) is 16.9 Å². The predicted molar refractivity (Wildman–Crippen MR) is 104 cm³/mol. The second-order valence-corrected chi connectivity index (χ2v) is 8.58. The number of benzene rings is 1. The van der Waals surface area contributed by atoms with Gasteiger partial charge in [0, 0.05) is 23.1 Å². The Morgan fingerprint density at radius 2 is 2.12 bits per heavy atom. The van der Waals surface area contributed by atoms with Crippen molar-refractivity contribution in [1.82, 2.24) is 20.2 Å². The summed E-state index contributed by atoms with van der Waals surface area (Å²) in [7, 11) is 0. The molecule has 0 fully saturated rings. The van der Waals surface area contributed by atoms with Crippen molar-refractivity contribution in [2.24, 2.45) is 5.92 Å². The Hall–Kier alpha value is -2.05. The molecule has 0 aliphatic rings. The van der Waals surface area contributed by atoms with Crippen LogP contribution in [0, 0.1) is 17.2 Å². The third kappa shape index (κ3) is 6.35. The molecule has 1 amide bonds. The number of anilines is 1. The molecule has 138 valence electrons. The molecule has 1 aromatic heterocycles. The molecule has 0 spiro atoms. The number of nitrogens with one attached hydrogen (secondary N) is 1. The molecule has 0 aliphatic carbocycles. The third-order valence-corrected chi connectivity index (χ3v) is 5.37. The highest BCUT2D eigenvalue weighted by Gasteiger charge is 2.13. The minimum Gasteiger partial charge on any atom is -0.324 e. The topological polar surface area (TPSA) is 96.5 Å². The van der Waals surface area contributed by atoms with Crippen molar-refractivity contribution >= 4 is 35.1 Å². The van der Waals surface area contributed by atoms with Crippen LogP contribution in [0.4, 0.5) is 5.69 Å². The molecular weight excluding hydrogens is 368 g/mol. The van der Waals surface area contributed by atoms with Crippen LogP contribution in [0.5, 0.6) is 0 Å². The van der Waals surface area contributed by atoms with Gasteiger partial charge >= 0.3 is 0 Å². The van der Waals surface area contributed by atoms with Crippen LogP contribution < -0.4 is 5.32 Å². The Labute approximate surface area is 161 Å². The molecule has 7 nitrogen and oxygen atoms in total. The smallest absolute Gasteiger partial charge is 0.234 e. The summed E-state index contributed by atoms with van der Waals surface area (Å²) in [6.07, 6.45) is 0.460. The van der Waals surface area contributed by atoms with E-state index in [9.17, 15) is 4.79 Å². The Bertz CT molecular complexity index is 771. The number of hydrogen-bond acceptors (Lipinski definition) is 7. The Kier molecular flexibility index (Phi) is 7.94. The molecule has 1 unspecified atom stereocenters. The van der Waals surface area contributed by atoms with E-state index in [0.717, 1.165) is 10.6 Å². The molecule has 0 aliphatic heterocycles. The number of para-hydroxylation sites is 1. The number of aromatic nitrogens is 4. The van der Waals surface area contributed by atoms with Crippen molar-refractivity contribution in [1.29, 1.82) is 5.26 Å². The van der Waals surface area contributed by atoms with Gasteiger partial charge in [-0.2, -0.15) is 5.26 Å². The van der Waals surface area contributed by atoms with Gasteiger partial charge < -0.3 is 5.32 Å². The normalized spacial score (nSPS) is 12.0. The maximum Gasteiger partial charge on any atom is 0.234 e. The van der Waals surface area contributed by atoms with Gasteiger partial charge in [0.25, 0.3) is 0 Å². The fraction of sp³-hybridized carbons (Fsp3) is 0.471. The first-order valence-electron chi connectivity index (χ1n) is 8.31. The van der Waals surface area contributed by atoms with Crippen molar-refractivity contribution in [3.8, 4) is 6.07 Å². The van der Waals surface area contributed by atoms with E-state index < -0.39 is 0 Å². The lowest BCUT2D eigenvalue weighted by Gasteiger charge is -2.13. The van der Waals surface area contributed by atoms with Crippen molar-refractivity contribution in [2.75, 3.05) is 11.1 Å². The van der Waals surface area contributed by atoms with Crippen LogP contribution >= 0.6 is 23.5 Å². The summed E-state index contributed by atoms with van der Waals surface area (Å²) in [5, 5.41) is 24.2. The second kappa shape index (κ2) is 10.2. The number of hydrogen-bond donors (Lipinski definition) is 1. The van der Waals surface area contributed by atoms with Crippen LogP contribution in [0.2, 0.25) is 0 Å². The van der Waals surface area contributed by atoms with E-state index in [4.69, 9.17) is 5.26 Å². The summed E-state index contributed by atoms with van der Waals surface area (Å²) >= 11 is 2.90. The Morgan fingerprint density at radius 3 is 2.85 bits per heavy atom. The number of nitrogens with zero attached hydrogens (tertiary/aromatic N) is 5. The number of carbonyl (C=O) groups excluding carboxylic acids is 1. The number of nitriles is 1. The predicted octanol–water partition coefficient (Wildman–Crippen LogP) is 3.45. The van der Waals surface area contributed by atoms with Gasteiger partial charge in [0.05, 0.1) is 17.5 Å². The molecule has 1 aromatic carbocycles. The molecule has 0 saturated heterocycles. The molecule has 1 heterocycles. The lowest BCUT2D eigenvalue weighted by atomic mass is 10.2. The van der Waals surface area contributed by atoms with E-state index in [-0.39, 0.29) is 16.9 Å². The molecule has 0 bridgehead atoms. The van der Waals surface area contributed by atoms with Crippen molar-refractivity contribution in [3.63, 3.8) is 0 Å². The number of carbonyl (C=O) groups is 1. The summed E-state index contributed by atoms with van der Waals surface area (Å²) in [5.74, 6) is 0.534. The van der Waals surface area contributed by atoms with Crippen molar-refractivity contribution in [2.45, 2.75) is 49.0 Å². The number of amides is 1. The van der Waals surface area contributed by atoms with Crippen molar-refractivity contribution in [3.05, 3.63) is 24.3 Å². The molecule has 2 rings (SSSR count). The van der Waals surface area contributed by atoms with Crippen molar-refractivity contribution < 1.29 is 4.79 Å². The van der Waals surface area contributed by atoms with E-state index >= 15 is 0 Å². The second-order valence-electron chi connectivity index (χ2n) is 6.16. The zero-order chi connectivity index (χ0) is 18.9. The summed E-state index contributed by atoms with van der Waals surface area (Å²) in [4.78, 5) is 13.3. The molecule has 0 saturated carbocycles. The van der Waals surface area contributed by atoms with Gasteiger partial charge in [0.2, 0.25) is 11.1 Å². The highest BCUT2D eigenvalue weighted by Crippen LogP contribution is 2.31. The average Bonchev–Trinajstić information content (AvgIpc) is 3.01. The quantitative estimate of drug-likeness (QED) is 0.655. The van der Waals surface area contributed by atoms with E-state index in [1.165, 1.54) is 11.8 Å². The maximum absolute atomic E-state index is 12.3. The van der Waals surface area contributed by atoms with Crippen LogP contribution in [-0.2, 0) is 11.3 Å². The standard InChI is InChI=1S/C17H22N6OS2/c1-12(2)10-23-17(20-21-22-23)25-11-16(24)19-14-6-4-5-7-15(14)26-13(3)8-9-18/h4-7,12-13H,8,10-11H2,1-3H3,(H,19,24). The highest BCUT2D eigenvalue weighted by atomic mass is 32.2. The van der Waals surface area contributed by atoms with E-state index in [1.807, 2.05) is 31.2 Å². The Morgan fingerprint density at radius 1 is 1.35 bits per heavy atom. The first kappa shape index (κ1) is 20.3. The van der Waals surface area contributed by atoms with Crippen LogP contribution in [0.15, 0.2) is 34.3 Å². The Balaban J connectivity index is 1.94. The SMILES string of the molecule is CC(C)Cn1nnnc1SCC(=O)Nc1ccccc1SC(C)CC#N. The fourth-order valence-corrected chi connectivity index (χ4v) is 3.82. The number of tetrazole rings is 1. The maximum atomic E-state index is 12.3. The molecule has 2 aromatic rings. The minimum atomic E-state index is -0.116. The minimum absolute atomic E-state index is 0.116. The van der Waals surface area contributed by atoms with Crippen LogP contribution in [0.25, 0.3) is 0 Å². The monoisotopic (exact) mass is 390 g/mol. The average molecular weight is 391 g/mol. The van der Waals surface area contributed by atoms with Gasteiger partial charge in [0.15, 0.2) is 0 Å². The molecule has 0 radical (unpaired) electrons. The number of rotatable bonds is 9. The third-order valence-electron chi connectivity index (χ3n) is 3.24. The van der Waals surface area contributed by atoms with Gasteiger partial charge in [-0.25, -0.2) is 4.68 Å². The van der Waals surface area contributed by atoms with Crippen LogP contribution in [0.3, 0.4) is 0 Å². The molecular formula is C17H22N6OS2. The molecule has 26 heavy (non-hydrogen) atoms. The van der Waals surface area contributed by atoms with E-state index in [1.54, 1.807) is 16.4 Å². The van der Waals surface area contributed by atoms with Gasteiger partial charge in [-0.1, -0.05) is 44.7 Å². The van der Waals surface area contributed by atoms with Gasteiger partial charge in [-0.05, 0) is 28.5 Å². The molecule has 9 heteroatoms. The summed E-state index contributed by atoms with van der Waals surface area (Å²) in [6.45, 7) is 6.89. The van der Waals surface area contributed by atoms with Crippen LogP contribution in [0.1, 0.15) is 27.2 Å². The molecule has 1 atom stereocenters. The zero-order valence-electron chi connectivity index (χ0n) is 15.0.